The van der Waals surface area contributed by atoms with Crippen LogP contribution < -0.4 is 10.7 Å². The Morgan fingerprint density at radius 3 is 2.39 bits per heavy atom. The Morgan fingerprint density at radius 1 is 1.04 bits per heavy atom. The van der Waals surface area contributed by atoms with Gasteiger partial charge in [0.05, 0.1) is 12.3 Å². The van der Waals surface area contributed by atoms with E-state index in [1.807, 2.05) is 30.3 Å². The van der Waals surface area contributed by atoms with E-state index in [-0.39, 0.29) is 11.6 Å². The molecule has 5 nitrogen and oxygen atoms in total. The first kappa shape index (κ1) is 16.4. The summed E-state index contributed by atoms with van der Waals surface area (Å²) in [4.78, 5) is 23.4. The van der Waals surface area contributed by atoms with Gasteiger partial charge in [0.25, 0.3) is 0 Å². The van der Waals surface area contributed by atoms with Crippen molar-refractivity contribution in [1.29, 1.82) is 0 Å². The number of nitrogens with zero attached hydrogens (tertiary/aromatic N) is 1. The number of carbonyl (C=O) groups excluding carboxylic acids is 2. The monoisotopic (exact) mass is 313 g/mol. The Labute approximate surface area is 133 Å². The van der Waals surface area contributed by atoms with Crippen molar-refractivity contribution in [2.75, 3.05) is 0 Å². The van der Waals surface area contributed by atoms with Crippen LogP contribution in [0.15, 0.2) is 59.7 Å². The highest BCUT2D eigenvalue weighted by Crippen LogP contribution is 2.10. The molecule has 23 heavy (non-hydrogen) atoms. The maximum atomic E-state index is 13.3. The maximum absolute atomic E-state index is 13.3. The number of rotatable bonds is 4. The molecular weight excluding hydrogens is 297 g/mol. The third kappa shape index (κ3) is 4.74. The zero-order valence-corrected chi connectivity index (χ0v) is 12.5. The molecule has 0 radical (unpaired) electrons. The van der Waals surface area contributed by atoms with Crippen molar-refractivity contribution < 1.29 is 14.0 Å². The molecular formula is C17H16FN3O2. The molecule has 2 amide bonds. The molecule has 2 aromatic carbocycles. The van der Waals surface area contributed by atoms with Crippen molar-refractivity contribution in [2.24, 2.45) is 5.10 Å². The normalized spacial score (nSPS) is 11.9. The molecule has 0 spiro atoms. The summed E-state index contributed by atoms with van der Waals surface area (Å²) in [7, 11) is 0. The summed E-state index contributed by atoms with van der Waals surface area (Å²) < 4.78 is 13.3. The van der Waals surface area contributed by atoms with Crippen LogP contribution in [0.1, 0.15) is 24.1 Å². The topological polar surface area (TPSA) is 70.6 Å². The Kier molecular flexibility index (Phi) is 5.57. The average Bonchev–Trinajstić information content (AvgIpc) is 2.57. The first-order valence-electron chi connectivity index (χ1n) is 7.01. The third-order valence-corrected chi connectivity index (χ3v) is 3.13. The van der Waals surface area contributed by atoms with Gasteiger partial charge in [-0.1, -0.05) is 48.5 Å². The number of amides is 2. The Morgan fingerprint density at radius 2 is 1.70 bits per heavy atom. The fourth-order valence-corrected chi connectivity index (χ4v) is 1.88. The first-order chi connectivity index (χ1) is 11.1. The lowest BCUT2D eigenvalue weighted by Gasteiger charge is -2.13. The van der Waals surface area contributed by atoms with Crippen molar-refractivity contribution in [3.63, 3.8) is 0 Å². The molecule has 2 aromatic rings. The van der Waals surface area contributed by atoms with E-state index in [2.05, 4.69) is 15.8 Å². The molecule has 0 aliphatic heterocycles. The minimum atomic E-state index is -0.916. The van der Waals surface area contributed by atoms with Gasteiger partial charge in [0.1, 0.15) is 5.82 Å². The van der Waals surface area contributed by atoms with Crippen LogP contribution in [0, 0.1) is 5.82 Å². The smallest absolute Gasteiger partial charge is 0.329 e. The van der Waals surface area contributed by atoms with Gasteiger partial charge >= 0.3 is 11.8 Å². The molecule has 0 aliphatic rings. The molecule has 2 N–H and O–H groups in total. The highest BCUT2D eigenvalue weighted by Gasteiger charge is 2.16. The van der Waals surface area contributed by atoms with E-state index in [4.69, 9.17) is 0 Å². The number of halogens is 1. The predicted molar refractivity (Wildman–Crippen MR) is 85.1 cm³/mol. The Balaban J connectivity index is 1.88. The largest absolute Gasteiger partial charge is 0.341 e. The van der Waals surface area contributed by atoms with Gasteiger partial charge in [0.2, 0.25) is 0 Å². The number of carbonyl (C=O) groups is 2. The van der Waals surface area contributed by atoms with E-state index < -0.39 is 17.6 Å². The minimum Gasteiger partial charge on any atom is -0.341 e. The van der Waals surface area contributed by atoms with Crippen molar-refractivity contribution in [1.82, 2.24) is 10.7 Å². The quantitative estimate of drug-likeness (QED) is 0.516. The van der Waals surface area contributed by atoms with Crippen molar-refractivity contribution >= 4 is 18.0 Å². The molecule has 2 rings (SSSR count). The zero-order valence-electron chi connectivity index (χ0n) is 12.5. The Hall–Kier alpha value is -3.02. The summed E-state index contributed by atoms with van der Waals surface area (Å²) >= 11 is 0. The predicted octanol–water partition coefficient (Wildman–Crippen LogP) is 2.15. The van der Waals surface area contributed by atoms with Gasteiger partial charge in [-0.15, -0.1) is 0 Å². The highest BCUT2D eigenvalue weighted by molar-refractivity contribution is 6.35. The number of hydrogen-bond donors (Lipinski definition) is 2. The Bertz CT molecular complexity index is 717. The van der Waals surface area contributed by atoms with E-state index in [9.17, 15) is 14.0 Å². The first-order valence-corrected chi connectivity index (χ1v) is 7.01. The number of benzene rings is 2. The molecule has 0 unspecified atom stereocenters. The summed E-state index contributed by atoms with van der Waals surface area (Å²) in [6.45, 7) is 1.77. The molecule has 0 heterocycles. The highest BCUT2D eigenvalue weighted by atomic mass is 19.1. The van der Waals surface area contributed by atoms with Gasteiger partial charge in [0, 0.05) is 5.56 Å². The second-order valence-corrected chi connectivity index (χ2v) is 4.83. The second-order valence-electron chi connectivity index (χ2n) is 4.83. The van der Waals surface area contributed by atoms with Crippen LogP contribution in [-0.4, -0.2) is 18.0 Å². The summed E-state index contributed by atoms with van der Waals surface area (Å²) in [6.07, 6.45) is 1.14. The molecule has 0 bridgehead atoms. The van der Waals surface area contributed by atoms with Crippen LogP contribution in [0.2, 0.25) is 0 Å². The van der Waals surface area contributed by atoms with Crippen molar-refractivity contribution in [3.05, 3.63) is 71.5 Å². The summed E-state index contributed by atoms with van der Waals surface area (Å²) in [5.74, 6) is -2.19. The molecule has 0 aliphatic carbocycles. The SMILES string of the molecule is C[C@@H](NC(=O)C(=O)N/N=C\c1ccccc1F)c1ccccc1. The number of nitrogens with one attached hydrogen (secondary N) is 2. The van der Waals surface area contributed by atoms with E-state index in [1.165, 1.54) is 12.1 Å². The summed E-state index contributed by atoms with van der Waals surface area (Å²) in [5.41, 5.74) is 3.16. The van der Waals surface area contributed by atoms with E-state index >= 15 is 0 Å². The molecule has 0 saturated heterocycles. The third-order valence-electron chi connectivity index (χ3n) is 3.13. The van der Waals surface area contributed by atoms with E-state index in [0.29, 0.717) is 0 Å². The van der Waals surface area contributed by atoms with Crippen molar-refractivity contribution in [2.45, 2.75) is 13.0 Å². The fourth-order valence-electron chi connectivity index (χ4n) is 1.88. The fraction of sp³-hybridized carbons (Fsp3) is 0.118. The lowest BCUT2D eigenvalue weighted by molar-refractivity contribution is -0.139. The molecule has 118 valence electrons. The summed E-state index contributed by atoms with van der Waals surface area (Å²) in [5, 5.41) is 6.14. The van der Waals surface area contributed by atoms with Crippen LogP contribution in [0.3, 0.4) is 0 Å². The number of hydrogen-bond acceptors (Lipinski definition) is 3. The van der Waals surface area contributed by atoms with Gasteiger partial charge in [-0.3, -0.25) is 9.59 Å². The second kappa shape index (κ2) is 7.84. The van der Waals surface area contributed by atoms with Crippen LogP contribution in [0.25, 0.3) is 0 Å². The van der Waals surface area contributed by atoms with Crippen LogP contribution in [0.4, 0.5) is 4.39 Å². The van der Waals surface area contributed by atoms with E-state index in [1.54, 1.807) is 19.1 Å². The standard InChI is InChI=1S/C17H16FN3O2/c1-12(13-7-3-2-4-8-13)20-16(22)17(23)21-19-11-14-9-5-6-10-15(14)18/h2-12H,1H3,(H,20,22)(H,21,23)/b19-11-/t12-/m1/s1. The summed E-state index contributed by atoms with van der Waals surface area (Å²) in [6, 6.07) is 14.9. The minimum absolute atomic E-state index is 0.214. The maximum Gasteiger partial charge on any atom is 0.329 e. The molecule has 0 fully saturated rings. The van der Waals surface area contributed by atoms with Gasteiger partial charge in [0.15, 0.2) is 0 Å². The van der Waals surface area contributed by atoms with Gasteiger partial charge in [-0.05, 0) is 18.6 Å². The van der Waals surface area contributed by atoms with Crippen LogP contribution in [0.5, 0.6) is 0 Å². The van der Waals surface area contributed by atoms with Crippen LogP contribution in [-0.2, 0) is 9.59 Å². The van der Waals surface area contributed by atoms with Gasteiger partial charge < -0.3 is 5.32 Å². The molecule has 1 atom stereocenters. The lowest BCUT2D eigenvalue weighted by atomic mass is 10.1. The molecule has 0 saturated carbocycles. The lowest BCUT2D eigenvalue weighted by Crippen LogP contribution is -2.39. The average molecular weight is 313 g/mol. The van der Waals surface area contributed by atoms with Gasteiger partial charge in [-0.25, -0.2) is 9.82 Å². The zero-order chi connectivity index (χ0) is 16.7. The molecule has 0 aromatic heterocycles. The van der Waals surface area contributed by atoms with Crippen LogP contribution >= 0.6 is 0 Å². The van der Waals surface area contributed by atoms with E-state index in [0.717, 1.165) is 11.8 Å². The van der Waals surface area contributed by atoms with Gasteiger partial charge in [-0.2, -0.15) is 5.10 Å². The van der Waals surface area contributed by atoms with Crippen molar-refractivity contribution in [3.8, 4) is 0 Å². The molecule has 6 heteroatoms. The number of hydrazone groups is 1.